The molecule has 0 aliphatic heterocycles. The number of guanidine groups is 1. The molecule has 8 heteroatoms. The number of nitrogens with zero attached hydrogens (tertiary/aromatic N) is 1. The highest BCUT2D eigenvalue weighted by molar-refractivity contribution is 6.58. The summed E-state index contributed by atoms with van der Waals surface area (Å²) in [5.74, 6) is -1.19. The SMILES string of the molecule is CN=C(N)NC(Cl)(Cl)C(=O)OCl. The molecule has 3 N–H and O–H groups in total. The number of alkyl halides is 2. The van der Waals surface area contributed by atoms with Crippen LogP contribution < -0.4 is 11.1 Å². The summed E-state index contributed by atoms with van der Waals surface area (Å²) in [6, 6.07) is 0. The van der Waals surface area contributed by atoms with Crippen molar-refractivity contribution >= 4 is 47.0 Å². The molecule has 12 heavy (non-hydrogen) atoms. The lowest BCUT2D eigenvalue weighted by Crippen LogP contribution is -2.48. The van der Waals surface area contributed by atoms with Gasteiger partial charge in [0.05, 0.1) is 0 Å². The van der Waals surface area contributed by atoms with Crippen LogP contribution in [-0.4, -0.2) is 23.4 Å². The molecule has 0 saturated carbocycles. The van der Waals surface area contributed by atoms with E-state index >= 15 is 0 Å². The van der Waals surface area contributed by atoms with Crippen molar-refractivity contribution in [2.75, 3.05) is 7.05 Å². The Kier molecular flexibility index (Phi) is 4.44. The predicted molar refractivity (Wildman–Crippen MR) is 47.1 cm³/mol. The minimum Gasteiger partial charge on any atom is -0.370 e. The summed E-state index contributed by atoms with van der Waals surface area (Å²) in [7, 11) is 1.39. The molecule has 0 aliphatic rings. The molecule has 0 amide bonds. The van der Waals surface area contributed by atoms with Gasteiger partial charge in [0.25, 0.3) is 4.46 Å². The van der Waals surface area contributed by atoms with E-state index in [9.17, 15) is 4.79 Å². The van der Waals surface area contributed by atoms with Crippen LogP contribution in [0.2, 0.25) is 0 Å². The van der Waals surface area contributed by atoms with Gasteiger partial charge in [0.2, 0.25) is 0 Å². The minimum atomic E-state index is -2.02. The largest absolute Gasteiger partial charge is 0.382 e. The first-order chi connectivity index (χ1) is 5.44. The lowest BCUT2D eigenvalue weighted by atomic mass is 10.6. The second-order valence-corrected chi connectivity index (χ2v) is 3.15. The van der Waals surface area contributed by atoms with Gasteiger partial charge in [-0.1, -0.05) is 23.2 Å². The smallest absolute Gasteiger partial charge is 0.370 e. The number of nitrogens with two attached hydrogens (primary N) is 1. The van der Waals surface area contributed by atoms with Gasteiger partial charge < -0.3 is 15.3 Å². The van der Waals surface area contributed by atoms with Crippen molar-refractivity contribution in [2.24, 2.45) is 10.7 Å². The zero-order valence-electron chi connectivity index (χ0n) is 5.97. The standard InChI is InChI=1S/C4H6Cl3N3O2/c1-9-3(8)10-4(5,6)2(11)12-7/h1H3,(H3,8,9,10). The second-order valence-electron chi connectivity index (χ2n) is 1.67. The normalized spacial score (nSPS) is 12.5. The molecule has 0 atom stereocenters. The molecule has 0 aliphatic carbocycles. The predicted octanol–water partition coefficient (Wildman–Crippen LogP) is 0.349. The van der Waals surface area contributed by atoms with E-state index in [1.165, 1.54) is 7.05 Å². The first kappa shape index (κ1) is 11.6. The van der Waals surface area contributed by atoms with E-state index in [0.29, 0.717) is 0 Å². The topological polar surface area (TPSA) is 76.7 Å². The summed E-state index contributed by atoms with van der Waals surface area (Å²) in [6.45, 7) is 0. The Morgan fingerprint density at radius 3 is 2.50 bits per heavy atom. The van der Waals surface area contributed by atoms with Crippen molar-refractivity contribution in [1.29, 1.82) is 0 Å². The van der Waals surface area contributed by atoms with Gasteiger partial charge in [-0.25, -0.2) is 4.79 Å². The summed E-state index contributed by atoms with van der Waals surface area (Å²) in [4.78, 5) is 14.1. The van der Waals surface area contributed by atoms with Crippen LogP contribution in [0.5, 0.6) is 0 Å². The van der Waals surface area contributed by atoms with Crippen LogP contribution in [0.3, 0.4) is 0 Å². The maximum absolute atomic E-state index is 10.7. The fraction of sp³-hybridized carbons (Fsp3) is 0.500. The molecule has 0 bridgehead atoms. The average Bonchev–Trinajstić information content (AvgIpc) is 2.02. The molecule has 0 aromatic heterocycles. The van der Waals surface area contributed by atoms with E-state index in [4.69, 9.17) is 40.8 Å². The van der Waals surface area contributed by atoms with E-state index in [1.807, 2.05) is 0 Å². The Morgan fingerprint density at radius 2 is 2.17 bits per heavy atom. The van der Waals surface area contributed by atoms with Gasteiger partial charge in [0.15, 0.2) is 5.96 Å². The quantitative estimate of drug-likeness (QED) is 0.313. The highest BCUT2D eigenvalue weighted by atomic mass is 35.5. The van der Waals surface area contributed by atoms with Crippen LogP contribution in [0.4, 0.5) is 0 Å². The van der Waals surface area contributed by atoms with E-state index in [-0.39, 0.29) is 5.96 Å². The molecule has 70 valence electrons. The molecule has 5 nitrogen and oxygen atoms in total. The Balaban J connectivity index is 4.32. The molecule has 0 saturated heterocycles. The Labute approximate surface area is 84.0 Å². The van der Waals surface area contributed by atoms with Crippen LogP contribution in [0.15, 0.2) is 4.99 Å². The molecule has 0 aromatic rings. The molecule has 0 fully saturated rings. The van der Waals surface area contributed by atoms with Gasteiger partial charge in [0.1, 0.15) is 11.9 Å². The molecular weight excluding hydrogens is 228 g/mol. The highest BCUT2D eigenvalue weighted by Gasteiger charge is 2.36. The van der Waals surface area contributed by atoms with E-state index in [1.54, 1.807) is 0 Å². The number of rotatable bonds is 2. The fourth-order valence-corrected chi connectivity index (χ4v) is 0.782. The maximum Gasteiger partial charge on any atom is 0.382 e. The van der Waals surface area contributed by atoms with Gasteiger partial charge in [0, 0.05) is 7.05 Å². The number of nitrogens with one attached hydrogen (secondary N) is 1. The van der Waals surface area contributed by atoms with Gasteiger partial charge in [-0.05, 0) is 0 Å². The number of halogens is 3. The molecule has 0 rings (SSSR count). The third-order valence-corrected chi connectivity index (χ3v) is 1.49. The van der Waals surface area contributed by atoms with Gasteiger partial charge in [-0.3, -0.25) is 4.99 Å². The maximum atomic E-state index is 10.7. The van der Waals surface area contributed by atoms with Crippen molar-refractivity contribution in [3.05, 3.63) is 0 Å². The van der Waals surface area contributed by atoms with E-state index in [0.717, 1.165) is 0 Å². The van der Waals surface area contributed by atoms with Gasteiger partial charge in [-0.2, -0.15) is 0 Å². The Bertz CT molecular complexity index is 206. The number of carbonyl (C=O) groups excluding carboxylic acids is 1. The molecule has 0 spiro atoms. The second kappa shape index (κ2) is 4.59. The monoisotopic (exact) mass is 233 g/mol. The van der Waals surface area contributed by atoms with Crippen molar-refractivity contribution in [3.63, 3.8) is 0 Å². The van der Waals surface area contributed by atoms with Crippen LogP contribution in [-0.2, 0) is 9.08 Å². The Morgan fingerprint density at radius 1 is 1.67 bits per heavy atom. The van der Waals surface area contributed by atoms with Crippen molar-refractivity contribution < 1.29 is 9.08 Å². The summed E-state index contributed by atoms with van der Waals surface area (Å²) >= 11 is 15.5. The first-order valence-electron chi connectivity index (χ1n) is 2.65. The lowest BCUT2D eigenvalue weighted by molar-refractivity contribution is -0.135. The first-order valence-corrected chi connectivity index (χ1v) is 3.71. The third kappa shape index (κ3) is 3.34. The molecular formula is C4H6Cl3N3O2. The van der Waals surface area contributed by atoms with Crippen LogP contribution in [0, 0.1) is 0 Å². The average molecular weight is 234 g/mol. The van der Waals surface area contributed by atoms with Gasteiger partial charge in [-0.15, -0.1) is 0 Å². The molecule has 0 heterocycles. The van der Waals surface area contributed by atoms with Crippen LogP contribution in [0.25, 0.3) is 0 Å². The molecule has 0 radical (unpaired) electrons. The number of carbonyl (C=O) groups is 1. The van der Waals surface area contributed by atoms with E-state index in [2.05, 4.69) is 14.6 Å². The van der Waals surface area contributed by atoms with Gasteiger partial charge >= 0.3 is 5.97 Å². The minimum absolute atomic E-state index is 0.109. The lowest BCUT2D eigenvalue weighted by Gasteiger charge is -2.16. The van der Waals surface area contributed by atoms with Crippen molar-refractivity contribution in [2.45, 2.75) is 4.46 Å². The zero-order valence-corrected chi connectivity index (χ0v) is 8.24. The number of aliphatic imine (C=N–C) groups is 1. The summed E-state index contributed by atoms with van der Waals surface area (Å²) in [5, 5.41) is 2.16. The molecule has 0 unspecified atom stereocenters. The summed E-state index contributed by atoms with van der Waals surface area (Å²) in [6.07, 6.45) is 0. The van der Waals surface area contributed by atoms with Crippen LogP contribution >= 0.6 is 35.1 Å². The molecule has 0 aromatic carbocycles. The van der Waals surface area contributed by atoms with E-state index < -0.39 is 10.4 Å². The number of hydrogen-bond donors (Lipinski definition) is 2. The highest BCUT2D eigenvalue weighted by Crippen LogP contribution is 2.19. The van der Waals surface area contributed by atoms with Crippen molar-refractivity contribution in [3.8, 4) is 0 Å². The Hall–Kier alpha value is -0.390. The fourth-order valence-electron chi connectivity index (χ4n) is 0.316. The summed E-state index contributed by atoms with van der Waals surface area (Å²) in [5.41, 5.74) is 5.17. The summed E-state index contributed by atoms with van der Waals surface area (Å²) < 4.78 is 1.73. The zero-order chi connectivity index (χ0) is 9.78. The third-order valence-electron chi connectivity index (χ3n) is 0.852. The number of hydrogen-bond acceptors (Lipinski definition) is 3. The van der Waals surface area contributed by atoms with Crippen LogP contribution in [0.1, 0.15) is 0 Å². The van der Waals surface area contributed by atoms with Crippen molar-refractivity contribution in [1.82, 2.24) is 5.32 Å².